The summed E-state index contributed by atoms with van der Waals surface area (Å²) in [5.41, 5.74) is 2.12. The smallest absolute Gasteiger partial charge is 0.416 e. The monoisotopic (exact) mass is 418 g/mol. The Hall–Kier alpha value is -3.16. The summed E-state index contributed by atoms with van der Waals surface area (Å²) in [6.07, 6.45) is -4.36. The molecule has 1 N–H and O–H groups in total. The van der Waals surface area contributed by atoms with Crippen molar-refractivity contribution < 1.29 is 27.4 Å². The Kier molecular flexibility index (Phi) is 5.09. The molecule has 3 aromatic rings. The topological polar surface area (TPSA) is 54.6 Å². The molecule has 5 nitrogen and oxygen atoms in total. The molecule has 0 fully saturated rings. The van der Waals surface area contributed by atoms with Crippen LogP contribution in [-0.4, -0.2) is 36.2 Å². The van der Waals surface area contributed by atoms with E-state index in [-0.39, 0.29) is 6.61 Å². The van der Waals surface area contributed by atoms with Crippen molar-refractivity contribution in [3.05, 3.63) is 64.8 Å². The maximum Gasteiger partial charge on any atom is 0.416 e. The molecule has 158 valence electrons. The molecule has 0 saturated carbocycles. The van der Waals surface area contributed by atoms with Crippen LogP contribution in [0.5, 0.6) is 5.75 Å². The van der Waals surface area contributed by atoms with E-state index in [9.17, 15) is 18.0 Å². The number of amides is 1. The van der Waals surface area contributed by atoms with Crippen molar-refractivity contribution in [3.8, 4) is 5.75 Å². The molecule has 0 aliphatic carbocycles. The first-order valence-electron chi connectivity index (χ1n) is 9.62. The zero-order chi connectivity index (χ0) is 21.5. The van der Waals surface area contributed by atoms with Crippen LogP contribution in [0.25, 0.3) is 10.9 Å². The van der Waals surface area contributed by atoms with Gasteiger partial charge in [0.2, 0.25) is 0 Å². The molecule has 1 amide bonds. The zero-order valence-electron chi connectivity index (χ0n) is 16.5. The van der Waals surface area contributed by atoms with Gasteiger partial charge in [-0.05, 0) is 48.7 Å². The maximum absolute atomic E-state index is 13.2. The predicted octanol–water partition coefficient (Wildman–Crippen LogP) is 5.30. The fourth-order valence-corrected chi connectivity index (χ4v) is 4.01. The van der Waals surface area contributed by atoms with E-state index in [0.717, 1.165) is 28.6 Å². The quantitative estimate of drug-likeness (QED) is 0.628. The van der Waals surface area contributed by atoms with E-state index in [4.69, 9.17) is 9.47 Å². The number of nitrogens with one attached hydrogen (secondary N) is 1. The summed E-state index contributed by atoms with van der Waals surface area (Å²) in [4.78, 5) is 17.4. The van der Waals surface area contributed by atoms with Gasteiger partial charge in [0.05, 0.1) is 19.3 Å². The molecule has 0 spiro atoms. The SMILES string of the molecule is CCOC(=O)N1CCc2c([nH]c3cc(C(F)(F)F)ccc23)C1c1ccc(OC)cc1. The molecule has 30 heavy (non-hydrogen) atoms. The van der Waals surface area contributed by atoms with Gasteiger partial charge < -0.3 is 14.5 Å². The standard InChI is InChI=1S/C22H21F3N2O3/c1-3-30-21(28)27-11-10-17-16-9-6-14(22(23,24)25)12-18(16)26-19(17)20(27)13-4-7-15(29-2)8-5-13/h4-9,12,20,26H,3,10-11H2,1-2H3. The fraction of sp³-hybridized carbons (Fsp3) is 0.318. The fourth-order valence-electron chi connectivity index (χ4n) is 4.01. The average Bonchev–Trinajstić information content (AvgIpc) is 3.10. The van der Waals surface area contributed by atoms with Crippen LogP contribution >= 0.6 is 0 Å². The molecule has 8 heteroatoms. The Balaban J connectivity index is 1.85. The number of methoxy groups -OCH3 is 1. The van der Waals surface area contributed by atoms with Gasteiger partial charge in [-0.15, -0.1) is 0 Å². The van der Waals surface area contributed by atoms with Gasteiger partial charge in [0.15, 0.2) is 0 Å². The molecule has 1 aromatic heterocycles. The molecule has 0 saturated heterocycles. The lowest BCUT2D eigenvalue weighted by Crippen LogP contribution is -2.40. The second-order valence-corrected chi connectivity index (χ2v) is 7.09. The summed E-state index contributed by atoms with van der Waals surface area (Å²) in [5, 5.41) is 0.736. The number of ether oxygens (including phenoxy) is 2. The van der Waals surface area contributed by atoms with Crippen LogP contribution < -0.4 is 4.74 Å². The Morgan fingerprint density at radius 1 is 1.20 bits per heavy atom. The van der Waals surface area contributed by atoms with E-state index in [2.05, 4.69) is 4.98 Å². The van der Waals surface area contributed by atoms with E-state index in [1.807, 2.05) is 12.1 Å². The number of alkyl halides is 3. The van der Waals surface area contributed by atoms with Gasteiger partial charge in [-0.3, -0.25) is 4.90 Å². The van der Waals surface area contributed by atoms with Crippen molar-refractivity contribution in [2.75, 3.05) is 20.3 Å². The lowest BCUT2D eigenvalue weighted by atomic mass is 9.92. The molecule has 1 aliphatic rings. The highest BCUT2D eigenvalue weighted by molar-refractivity contribution is 5.86. The summed E-state index contributed by atoms with van der Waals surface area (Å²) in [6.45, 7) is 2.37. The summed E-state index contributed by atoms with van der Waals surface area (Å²) in [6, 6.07) is 10.5. The number of fused-ring (bicyclic) bond motifs is 3. The molecular weight excluding hydrogens is 397 g/mol. The lowest BCUT2D eigenvalue weighted by Gasteiger charge is -2.35. The van der Waals surface area contributed by atoms with Crippen LogP contribution in [0.1, 0.15) is 35.3 Å². The third kappa shape index (κ3) is 3.46. The Morgan fingerprint density at radius 3 is 2.57 bits per heavy atom. The number of hydrogen-bond donors (Lipinski definition) is 1. The number of halogens is 3. The Morgan fingerprint density at radius 2 is 1.93 bits per heavy atom. The van der Waals surface area contributed by atoms with Gasteiger partial charge in [-0.2, -0.15) is 13.2 Å². The number of nitrogens with zero attached hydrogens (tertiary/aromatic N) is 1. The number of benzene rings is 2. The highest BCUT2D eigenvalue weighted by Crippen LogP contribution is 2.40. The van der Waals surface area contributed by atoms with Crippen LogP contribution in [0.2, 0.25) is 0 Å². The Bertz CT molecular complexity index is 1070. The maximum atomic E-state index is 13.2. The number of aromatic amines is 1. The van der Waals surface area contributed by atoms with Gasteiger partial charge in [0.1, 0.15) is 11.8 Å². The first-order valence-corrected chi connectivity index (χ1v) is 9.62. The van der Waals surface area contributed by atoms with Crippen molar-refractivity contribution in [2.24, 2.45) is 0 Å². The zero-order valence-corrected chi connectivity index (χ0v) is 16.5. The number of carbonyl (C=O) groups is 1. The normalized spacial score (nSPS) is 16.4. The number of H-pyrrole nitrogens is 1. The second-order valence-electron chi connectivity index (χ2n) is 7.09. The molecule has 1 unspecified atom stereocenters. The summed E-state index contributed by atoms with van der Waals surface area (Å²) in [7, 11) is 1.56. The highest BCUT2D eigenvalue weighted by Gasteiger charge is 2.36. The largest absolute Gasteiger partial charge is 0.497 e. The van der Waals surface area contributed by atoms with Crippen LogP contribution in [0.15, 0.2) is 42.5 Å². The number of aromatic nitrogens is 1. The van der Waals surface area contributed by atoms with Crippen molar-refractivity contribution in [3.63, 3.8) is 0 Å². The summed E-state index contributed by atoms with van der Waals surface area (Å²) >= 11 is 0. The van der Waals surface area contributed by atoms with Crippen LogP contribution in [0.4, 0.5) is 18.0 Å². The number of hydrogen-bond acceptors (Lipinski definition) is 3. The van der Waals surface area contributed by atoms with E-state index in [0.29, 0.717) is 29.9 Å². The molecule has 0 bridgehead atoms. The van der Waals surface area contributed by atoms with Gasteiger partial charge >= 0.3 is 12.3 Å². The van der Waals surface area contributed by atoms with Crippen LogP contribution in [0.3, 0.4) is 0 Å². The first kappa shape index (κ1) is 20.1. The molecule has 2 heterocycles. The van der Waals surface area contributed by atoms with Crippen molar-refractivity contribution in [2.45, 2.75) is 25.6 Å². The molecule has 4 rings (SSSR count). The van der Waals surface area contributed by atoms with Gasteiger partial charge in [0, 0.05) is 23.1 Å². The molecular formula is C22H21F3N2O3. The van der Waals surface area contributed by atoms with Crippen molar-refractivity contribution in [1.82, 2.24) is 9.88 Å². The average molecular weight is 418 g/mol. The third-order valence-corrected chi connectivity index (χ3v) is 5.39. The molecule has 2 aromatic carbocycles. The van der Waals surface area contributed by atoms with Gasteiger partial charge in [0.25, 0.3) is 0 Å². The van der Waals surface area contributed by atoms with Gasteiger partial charge in [-0.1, -0.05) is 18.2 Å². The number of carbonyl (C=O) groups excluding carboxylic acids is 1. The molecule has 1 aliphatic heterocycles. The van der Waals surface area contributed by atoms with Crippen molar-refractivity contribution >= 4 is 17.0 Å². The Labute approximate surface area is 171 Å². The summed E-state index contributed by atoms with van der Waals surface area (Å²) < 4.78 is 50.0. The number of rotatable bonds is 3. The predicted molar refractivity (Wildman–Crippen MR) is 106 cm³/mol. The molecule has 0 radical (unpaired) electrons. The summed E-state index contributed by atoms with van der Waals surface area (Å²) in [5.74, 6) is 0.670. The van der Waals surface area contributed by atoms with E-state index < -0.39 is 23.9 Å². The third-order valence-electron chi connectivity index (χ3n) is 5.39. The van der Waals surface area contributed by atoms with E-state index in [1.54, 1.807) is 31.1 Å². The van der Waals surface area contributed by atoms with E-state index in [1.165, 1.54) is 6.07 Å². The van der Waals surface area contributed by atoms with Crippen LogP contribution in [0, 0.1) is 0 Å². The van der Waals surface area contributed by atoms with Crippen molar-refractivity contribution in [1.29, 1.82) is 0 Å². The second kappa shape index (κ2) is 7.59. The van der Waals surface area contributed by atoms with E-state index >= 15 is 0 Å². The molecule has 1 atom stereocenters. The minimum Gasteiger partial charge on any atom is -0.497 e. The highest BCUT2D eigenvalue weighted by atomic mass is 19.4. The lowest BCUT2D eigenvalue weighted by molar-refractivity contribution is -0.137. The minimum absolute atomic E-state index is 0.235. The van der Waals surface area contributed by atoms with Crippen LogP contribution in [-0.2, 0) is 17.3 Å². The van der Waals surface area contributed by atoms with Gasteiger partial charge in [-0.25, -0.2) is 4.79 Å². The first-order chi connectivity index (χ1) is 14.3. The minimum atomic E-state index is -4.42.